The van der Waals surface area contributed by atoms with Gasteiger partial charge in [0.25, 0.3) is 5.89 Å². The van der Waals surface area contributed by atoms with Gasteiger partial charge in [-0.05, 0) is 49.3 Å². The Hall–Kier alpha value is -3.97. The van der Waals surface area contributed by atoms with Crippen LogP contribution in [-0.2, 0) is 6.54 Å². The average Bonchev–Trinajstić information content (AvgIpc) is 3.38. The molecule has 1 atom stereocenters. The minimum absolute atomic E-state index is 0.212. The fourth-order valence-electron chi connectivity index (χ4n) is 4.23. The summed E-state index contributed by atoms with van der Waals surface area (Å²) in [6.45, 7) is 4.78. The zero-order valence-electron chi connectivity index (χ0n) is 19.9. The first-order valence-electron chi connectivity index (χ1n) is 11.4. The molecule has 2 heterocycles. The van der Waals surface area contributed by atoms with E-state index < -0.39 is 0 Å². The zero-order chi connectivity index (χ0) is 24.4. The predicted octanol–water partition coefficient (Wildman–Crippen LogP) is 5.92. The summed E-state index contributed by atoms with van der Waals surface area (Å²) in [6, 6.07) is 26.1. The number of thiocarbonyl (C=S) groups is 1. The third-order valence-electron chi connectivity index (χ3n) is 6.17. The molecule has 35 heavy (non-hydrogen) atoms. The quantitative estimate of drug-likeness (QED) is 0.343. The predicted molar refractivity (Wildman–Crippen MR) is 141 cm³/mol. The van der Waals surface area contributed by atoms with Crippen LogP contribution >= 0.6 is 12.2 Å². The molecule has 1 aromatic heterocycles. The number of allylic oxidation sites excluding steroid dienone is 1. The van der Waals surface area contributed by atoms with Crippen molar-refractivity contribution in [2.24, 2.45) is 0 Å². The number of hydrogen-bond acceptors (Lipinski definition) is 5. The number of benzene rings is 3. The van der Waals surface area contributed by atoms with Gasteiger partial charge in [-0.15, -0.1) is 0 Å². The standard InChI is InChI=1S/C28H26N4O2S/c1-18-12-14-20(15-13-18)17-32-19(2)24(25(29-28(32)35)21-8-5-4-6-9-21)27-30-26(31-34-27)22-10-7-11-23(16-22)33-3/h4-16,25H,17H2,1-3H3,(H,29,35). The van der Waals surface area contributed by atoms with Crippen LogP contribution in [0.1, 0.15) is 35.5 Å². The van der Waals surface area contributed by atoms with Gasteiger partial charge in [-0.25, -0.2) is 0 Å². The van der Waals surface area contributed by atoms with Gasteiger partial charge in [0, 0.05) is 17.8 Å². The molecule has 176 valence electrons. The first-order valence-corrected chi connectivity index (χ1v) is 11.8. The smallest absolute Gasteiger partial charge is 0.258 e. The van der Waals surface area contributed by atoms with Crippen LogP contribution in [0.2, 0.25) is 0 Å². The Labute approximate surface area is 210 Å². The van der Waals surface area contributed by atoms with E-state index in [-0.39, 0.29) is 6.04 Å². The average molecular weight is 483 g/mol. The van der Waals surface area contributed by atoms with Crippen LogP contribution < -0.4 is 10.1 Å². The van der Waals surface area contributed by atoms with Crippen LogP contribution in [0, 0.1) is 6.92 Å². The number of aryl methyl sites for hydroxylation is 1. The lowest BCUT2D eigenvalue weighted by molar-refractivity contribution is 0.396. The van der Waals surface area contributed by atoms with Crippen molar-refractivity contribution in [2.75, 3.05) is 7.11 Å². The van der Waals surface area contributed by atoms with E-state index in [2.05, 4.69) is 65.6 Å². The second-order valence-corrected chi connectivity index (χ2v) is 8.91. The van der Waals surface area contributed by atoms with Gasteiger partial charge < -0.3 is 19.5 Å². The Balaban J connectivity index is 1.58. The molecule has 0 saturated heterocycles. The molecule has 0 spiro atoms. The molecule has 6 nitrogen and oxygen atoms in total. The van der Waals surface area contributed by atoms with Gasteiger partial charge in [0.1, 0.15) is 5.75 Å². The second kappa shape index (κ2) is 9.72. The van der Waals surface area contributed by atoms with Crippen LogP contribution in [-0.4, -0.2) is 27.3 Å². The van der Waals surface area contributed by atoms with Crippen molar-refractivity contribution in [1.29, 1.82) is 0 Å². The molecule has 0 saturated carbocycles. The van der Waals surface area contributed by atoms with Gasteiger partial charge >= 0.3 is 0 Å². The summed E-state index contributed by atoms with van der Waals surface area (Å²) >= 11 is 5.82. The summed E-state index contributed by atoms with van der Waals surface area (Å²) in [5.41, 5.74) is 6.16. The van der Waals surface area contributed by atoms with Gasteiger partial charge in [0.15, 0.2) is 5.11 Å². The Morgan fingerprint density at radius 2 is 1.77 bits per heavy atom. The van der Waals surface area contributed by atoms with Crippen molar-refractivity contribution in [1.82, 2.24) is 20.4 Å². The highest BCUT2D eigenvalue weighted by Crippen LogP contribution is 2.38. The van der Waals surface area contributed by atoms with E-state index in [1.165, 1.54) is 11.1 Å². The fourth-order valence-corrected chi connectivity index (χ4v) is 4.55. The van der Waals surface area contributed by atoms with E-state index in [1.54, 1.807) is 7.11 Å². The lowest BCUT2D eigenvalue weighted by atomic mass is 9.94. The van der Waals surface area contributed by atoms with Crippen LogP contribution in [0.25, 0.3) is 17.0 Å². The number of aromatic nitrogens is 2. The molecule has 0 amide bonds. The van der Waals surface area contributed by atoms with Crippen LogP contribution in [0.3, 0.4) is 0 Å². The van der Waals surface area contributed by atoms with Crippen molar-refractivity contribution in [2.45, 2.75) is 26.4 Å². The normalized spacial score (nSPS) is 15.8. The van der Waals surface area contributed by atoms with Crippen molar-refractivity contribution in [3.63, 3.8) is 0 Å². The molecule has 1 aliphatic heterocycles. The molecule has 0 radical (unpaired) electrons. The summed E-state index contributed by atoms with van der Waals surface area (Å²) in [4.78, 5) is 6.87. The summed E-state index contributed by atoms with van der Waals surface area (Å²) in [5.74, 6) is 1.70. The number of methoxy groups -OCH3 is 1. The SMILES string of the molecule is COc1cccc(-c2noc(C3=C(C)N(Cc4ccc(C)cc4)C(=S)NC3c3ccccc3)n2)c1. The van der Waals surface area contributed by atoms with Crippen LogP contribution in [0.4, 0.5) is 0 Å². The number of nitrogens with one attached hydrogen (secondary N) is 1. The molecule has 4 aromatic rings. The number of hydrogen-bond donors (Lipinski definition) is 1. The minimum atomic E-state index is -0.212. The van der Waals surface area contributed by atoms with Gasteiger partial charge in [-0.3, -0.25) is 0 Å². The van der Waals surface area contributed by atoms with E-state index in [1.807, 2.05) is 42.5 Å². The Bertz CT molecular complexity index is 1380. The van der Waals surface area contributed by atoms with Crippen molar-refractivity contribution >= 4 is 22.9 Å². The van der Waals surface area contributed by atoms with Gasteiger partial charge in [0.2, 0.25) is 5.82 Å². The minimum Gasteiger partial charge on any atom is -0.497 e. The third-order valence-corrected chi connectivity index (χ3v) is 6.51. The maximum absolute atomic E-state index is 5.83. The van der Waals surface area contributed by atoms with Gasteiger partial charge in [-0.1, -0.05) is 77.5 Å². The second-order valence-electron chi connectivity index (χ2n) is 8.52. The highest BCUT2D eigenvalue weighted by molar-refractivity contribution is 7.80. The summed E-state index contributed by atoms with van der Waals surface area (Å²) < 4.78 is 11.2. The van der Waals surface area contributed by atoms with Crippen molar-refractivity contribution < 1.29 is 9.26 Å². The van der Waals surface area contributed by atoms with E-state index in [0.717, 1.165) is 28.1 Å². The largest absolute Gasteiger partial charge is 0.497 e. The first kappa shape index (κ1) is 22.8. The lowest BCUT2D eigenvalue weighted by Crippen LogP contribution is -2.45. The molecule has 0 fully saturated rings. The molecular formula is C28H26N4O2S. The van der Waals surface area contributed by atoms with Crippen molar-refractivity contribution in [3.8, 4) is 17.1 Å². The maximum atomic E-state index is 5.83. The van der Waals surface area contributed by atoms with Crippen molar-refractivity contribution in [3.05, 3.63) is 107 Å². The van der Waals surface area contributed by atoms with Gasteiger partial charge in [-0.2, -0.15) is 4.98 Å². The molecule has 5 rings (SSSR count). The maximum Gasteiger partial charge on any atom is 0.258 e. The van der Waals surface area contributed by atoms with Crippen LogP contribution in [0.5, 0.6) is 5.75 Å². The Morgan fingerprint density at radius 1 is 1.00 bits per heavy atom. The lowest BCUT2D eigenvalue weighted by Gasteiger charge is -2.37. The fraction of sp³-hybridized carbons (Fsp3) is 0.179. The summed E-state index contributed by atoms with van der Waals surface area (Å²) in [6.07, 6.45) is 0. The molecule has 0 bridgehead atoms. The monoisotopic (exact) mass is 482 g/mol. The van der Waals surface area contributed by atoms with E-state index in [9.17, 15) is 0 Å². The highest BCUT2D eigenvalue weighted by atomic mass is 32.1. The third kappa shape index (κ3) is 4.68. The summed E-state index contributed by atoms with van der Waals surface area (Å²) in [5, 5.41) is 8.46. The first-order chi connectivity index (χ1) is 17.0. The topological polar surface area (TPSA) is 63.4 Å². The van der Waals surface area contributed by atoms with E-state index in [4.69, 9.17) is 26.5 Å². The molecule has 7 heteroatoms. The van der Waals surface area contributed by atoms with Gasteiger partial charge in [0.05, 0.1) is 18.7 Å². The zero-order valence-corrected chi connectivity index (χ0v) is 20.7. The molecule has 0 aliphatic carbocycles. The summed E-state index contributed by atoms with van der Waals surface area (Å²) in [7, 11) is 1.64. The number of rotatable bonds is 6. The van der Waals surface area contributed by atoms with Crippen LogP contribution in [0.15, 0.2) is 89.1 Å². The number of ether oxygens (including phenoxy) is 1. The van der Waals surface area contributed by atoms with E-state index >= 15 is 0 Å². The molecule has 1 N–H and O–H groups in total. The number of nitrogens with zero attached hydrogens (tertiary/aromatic N) is 3. The Morgan fingerprint density at radius 3 is 2.51 bits per heavy atom. The molecule has 1 aliphatic rings. The highest BCUT2D eigenvalue weighted by Gasteiger charge is 2.34. The molecular weight excluding hydrogens is 456 g/mol. The van der Waals surface area contributed by atoms with E-state index in [0.29, 0.717) is 23.4 Å². The molecule has 3 aromatic carbocycles. The Kier molecular flexibility index (Phi) is 6.33. The molecule has 1 unspecified atom stereocenters.